The molecule has 52 heavy (non-hydrogen) atoms. The zero-order valence-electron chi connectivity index (χ0n) is 28.6. The van der Waals surface area contributed by atoms with Gasteiger partial charge in [-0.25, -0.2) is 9.80 Å². The van der Waals surface area contributed by atoms with Crippen LogP contribution in [0.15, 0.2) is 97.1 Å². The molecular formula is C46H34N2O4. The minimum atomic E-state index is -0.308. The average molecular weight is 679 g/mol. The number of anilines is 2. The Labute approximate surface area is 300 Å². The van der Waals surface area contributed by atoms with Crippen molar-refractivity contribution in [3.05, 3.63) is 130 Å². The molecule has 7 aromatic carbocycles. The third-order valence-corrected chi connectivity index (χ3v) is 12.6. The highest BCUT2D eigenvalue weighted by Gasteiger charge is 2.40. The van der Waals surface area contributed by atoms with Crippen molar-refractivity contribution in [2.45, 2.75) is 63.2 Å². The third kappa shape index (κ3) is 3.84. The Morgan fingerprint density at radius 1 is 0.365 bits per heavy atom. The molecule has 2 heterocycles. The van der Waals surface area contributed by atoms with Gasteiger partial charge in [0.05, 0.1) is 11.4 Å². The summed E-state index contributed by atoms with van der Waals surface area (Å²) in [7, 11) is 0. The number of imide groups is 2. The van der Waals surface area contributed by atoms with Gasteiger partial charge in [-0.1, -0.05) is 86.3 Å². The normalized spacial score (nSPS) is 18.1. The lowest BCUT2D eigenvalue weighted by molar-refractivity contribution is 0.0877. The number of rotatable bonds is 4. The Morgan fingerprint density at radius 2 is 0.673 bits per heavy atom. The predicted molar refractivity (Wildman–Crippen MR) is 205 cm³/mol. The first-order chi connectivity index (χ1) is 25.5. The molecule has 0 unspecified atom stereocenters. The number of amides is 4. The van der Waals surface area contributed by atoms with Crippen LogP contribution in [0.1, 0.15) is 116 Å². The van der Waals surface area contributed by atoms with Crippen LogP contribution < -0.4 is 9.80 Å². The van der Waals surface area contributed by atoms with Crippen molar-refractivity contribution < 1.29 is 19.2 Å². The number of carbonyl (C=O) groups is 4. The topological polar surface area (TPSA) is 74.8 Å². The van der Waals surface area contributed by atoms with Crippen molar-refractivity contribution in [3.8, 4) is 0 Å². The van der Waals surface area contributed by atoms with Gasteiger partial charge in [-0.2, -0.15) is 0 Å². The van der Waals surface area contributed by atoms with Crippen molar-refractivity contribution >= 4 is 78.1 Å². The van der Waals surface area contributed by atoms with Gasteiger partial charge in [0.25, 0.3) is 23.6 Å². The van der Waals surface area contributed by atoms with Crippen LogP contribution >= 0.6 is 0 Å². The second-order valence-corrected chi connectivity index (χ2v) is 15.1. The lowest BCUT2D eigenvalue weighted by Crippen LogP contribution is -2.41. The van der Waals surface area contributed by atoms with Gasteiger partial charge in [0.15, 0.2) is 0 Å². The highest BCUT2D eigenvalue weighted by Crippen LogP contribution is 2.49. The quantitative estimate of drug-likeness (QED) is 0.105. The van der Waals surface area contributed by atoms with Gasteiger partial charge in [-0.3, -0.25) is 19.2 Å². The summed E-state index contributed by atoms with van der Waals surface area (Å²) in [6.45, 7) is 0. The highest BCUT2D eigenvalue weighted by molar-refractivity contribution is 6.45. The Morgan fingerprint density at radius 3 is 1.00 bits per heavy atom. The van der Waals surface area contributed by atoms with E-state index < -0.39 is 0 Å². The van der Waals surface area contributed by atoms with E-state index in [1.165, 1.54) is 9.80 Å². The lowest BCUT2D eigenvalue weighted by Gasteiger charge is -2.32. The zero-order chi connectivity index (χ0) is 34.8. The summed E-state index contributed by atoms with van der Waals surface area (Å²) in [5.74, 6) is -0.567. The van der Waals surface area contributed by atoms with E-state index in [2.05, 4.69) is 12.1 Å². The largest absolute Gasteiger partial charge is 0.268 e. The number of fused-ring (bicyclic) bond motifs is 2. The summed E-state index contributed by atoms with van der Waals surface area (Å²) < 4.78 is 0. The molecule has 6 heteroatoms. The molecule has 0 N–H and O–H groups in total. The van der Waals surface area contributed by atoms with E-state index in [1.807, 2.05) is 84.9 Å². The van der Waals surface area contributed by atoms with Crippen LogP contribution in [0.3, 0.4) is 0 Å². The molecule has 0 bridgehead atoms. The minimum Gasteiger partial charge on any atom is -0.268 e. The molecule has 0 atom stereocenters. The molecule has 0 aromatic heterocycles. The molecule has 7 aromatic rings. The molecule has 0 saturated heterocycles. The van der Waals surface area contributed by atoms with Crippen molar-refractivity contribution in [2.24, 2.45) is 0 Å². The van der Waals surface area contributed by atoms with Crippen LogP contribution in [0, 0.1) is 0 Å². The van der Waals surface area contributed by atoms with E-state index in [4.69, 9.17) is 0 Å². The summed E-state index contributed by atoms with van der Waals surface area (Å²) in [4.78, 5) is 60.5. The molecule has 2 fully saturated rings. The molecule has 6 nitrogen and oxygen atoms in total. The Kier molecular flexibility index (Phi) is 6.20. The van der Waals surface area contributed by atoms with Crippen LogP contribution in [-0.4, -0.2) is 23.6 Å². The van der Waals surface area contributed by atoms with E-state index in [0.29, 0.717) is 56.2 Å². The molecule has 0 radical (unpaired) electrons. The summed E-state index contributed by atoms with van der Waals surface area (Å²) in [5.41, 5.74) is 5.52. The molecule has 4 amide bonds. The van der Waals surface area contributed by atoms with Crippen LogP contribution in [0.25, 0.3) is 43.1 Å². The van der Waals surface area contributed by atoms with Gasteiger partial charge < -0.3 is 0 Å². The molecule has 0 spiro atoms. The fourth-order valence-electron chi connectivity index (χ4n) is 10.3. The maximum Gasteiger partial charge on any atom is 0.265 e. The highest BCUT2D eigenvalue weighted by atomic mass is 16.2. The predicted octanol–water partition coefficient (Wildman–Crippen LogP) is 10.7. The molecule has 2 aliphatic carbocycles. The summed E-state index contributed by atoms with van der Waals surface area (Å²) in [6, 6.07) is 31.1. The fraction of sp³-hybridized carbons (Fsp3) is 0.217. The smallest absolute Gasteiger partial charge is 0.265 e. The molecule has 11 rings (SSSR count). The van der Waals surface area contributed by atoms with E-state index in [1.54, 1.807) is 0 Å². The van der Waals surface area contributed by atoms with Crippen LogP contribution in [0.2, 0.25) is 0 Å². The Hall–Kier alpha value is -5.88. The van der Waals surface area contributed by atoms with Gasteiger partial charge in [-0.15, -0.1) is 0 Å². The summed E-state index contributed by atoms with van der Waals surface area (Å²) in [5, 5.41) is 6.61. The molecule has 4 aliphatic rings. The molecular weight excluding hydrogens is 645 g/mol. The maximum atomic E-state index is 14.4. The third-order valence-electron chi connectivity index (χ3n) is 12.6. The van der Waals surface area contributed by atoms with Crippen molar-refractivity contribution in [1.29, 1.82) is 0 Å². The Balaban J connectivity index is 1.10. The van der Waals surface area contributed by atoms with Crippen molar-refractivity contribution in [3.63, 3.8) is 0 Å². The number of carbonyl (C=O) groups excluding carboxylic acids is 4. The minimum absolute atomic E-state index is 0.308. The summed E-state index contributed by atoms with van der Waals surface area (Å²) in [6.07, 6.45) is 8.85. The summed E-state index contributed by atoms with van der Waals surface area (Å²) >= 11 is 0. The van der Waals surface area contributed by atoms with Gasteiger partial charge in [-0.05, 0) is 117 Å². The monoisotopic (exact) mass is 678 g/mol. The van der Waals surface area contributed by atoms with Gasteiger partial charge in [0.1, 0.15) is 0 Å². The second-order valence-electron chi connectivity index (χ2n) is 15.1. The lowest BCUT2D eigenvalue weighted by atomic mass is 9.82. The fourth-order valence-corrected chi connectivity index (χ4v) is 10.3. The first kappa shape index (κ1) is 29.8. The first-order valence-corrected chi connectivity index (χ1v) is 18.7. The van der Waals surface area contributed by atoms with Gasteiger partial charge in [0, 0.05) is 33.0 Å². The Bertz CT molecular complexity index is 2440. The molecule has 2 aliphatic heterocycles. The van der Waals surface area contributed by atoms with Crippen LogP contribution in [-0.2, 0) is 0 Å². The van der Waals surface area contributed by atoms with Gasteiger partial charge in [0.2, 0.25) is 0 Å². The van der Waals surface area contributed by atoms with Crippen molar-refractivity contribution in [1.82, 2.24) is 0 Å². The number of benzene rings is 7. The van der Waals surface area contributed by atoms with Crippen LogP contribution in [0.5, 0.6) is 0 Å². The van der Waals surface area contributed by atoms with Crippen molar-refractivity contribution in [2.75, 3.05) is 9.80 Å². The number of para-hydroxylation sites is 2. The van der Waals surface area contributed by atoms with E-state index in [-0.39, 0.29) is 23.6 Å². The standard InChI is InChI=1S/C46H34N2O4/c49-43-33-21-17-29-31-19-23-35-42-36(46(52)48(45(35)51)38-16-8-6-14-28(38)26-11-3-4-12-26)24-20-32(40(31)42)30-18-22-34(41(33)39(29)30)44(50)47(43)37-15-7-5-13-27(37)25-9-1-2-10-25/h5-8,13-26H,1-4,9-12H2. The maximum absolute atomic E-state index is 14.4. The number of nitrogens with zero attached hydrogens (tertiary/aromatic N) is 2. The average Bonchev–Trinajstić information content (AvgIpc) is 3.92. The number of hydrogen-bond donors (Lipinski definition) is 0. The number of hydrogen-bond acceptors (Lipinski definition) is 4. The van der Waals surface area contributed by atoms with E-state index >= 15 is 0 Å². The molecule has 252 valence electrons. The SMILES string of the molecule is O=C1c2ccc3c4ccc5c6c(ccc(c7ccc(c2c37)C(=O)N1c1ccccc1C1CCCC1)c64)C(=O)N(c1ccccc1C1CCCC1)C5=O. The van der Waals surface area contributed by atoms with Gasteiger partial charge >= 0.3 is 0 Å². The second kappa shape index (κ2) is 10.8. The van der Waals surface area contributed by atoms with E-state index in [9.17, 15) is 19.2 Å². The van der Waals surface area contributed by atoms with E-state index in [0.717, 1.165) is 94.8 Å². The first-order valence-electron chi connectivity index (χ1n) is 18.7. The van der Waals surface area contributed by atoms with Crippen LogP contribution in [0.4, 0.5) is 11.4 Å². The molecule has 2 saturated carbocycles. The zero-order valence-corrected chi connectivity index (χ0v) is 28.6.